The zero-order valence-corrected chi connectivity index (χ0v) is 12.4. The third kappa shape index (κ3) is 2.79. The zero-order valence-electron chi connectivity index (χ0n) is 12.4. The van der Waals surface area contributed by atoms with Crippen LogP contribution in [0, 0.1) is 0 Å². The Bertz CT molecular complexity index is 488. The van der Waals surface area contributed by atoms with Gasteiger partial charge in [0, 0.05) is 27.2 Å². The smallest absolute Gasteiger partial charge is 0.244 e. The highest BCUT2D eigenvalue weighted by molar-refractivity contribution is 5.85. The van der Waals surface area contributed by atoms with E-state index in [9.17, 15) is 4.79 Å². The van der Waals surface area contributed by atoms with Gasteiger partial charge < -0.3 is 20.9 Å². The molecule has 0 bridgehead atoms. The van der Waals surface area contributed by atoms with Gasteiger partial charge in [-0.05, 0) is 31.9 Å². The molecular formula is C14H23N5O. The highest BCUT2D eigenvalue weighted by Crippen LogP contribution is 2.28. The van der Waals surface area contributed by atoms with Gasteiger partial charge in [0.1, 0.15) is 11.9 Å². The van der Waals surface area contributed by atoms with Crippen molar-refractivity contribution in [3.8, 4) is 0 Å². The second kappa shape index (κ2) is 5.98. The van der Waals surface area contributed by atoms with E-state index in [1.807, 2.05) is 19.1 Å². The number of carbonyl (C=O) groups excluding carboxylic acids is 1. The molecule has 0 aliphatic carbocycles. The van der Waals surface area contributed by atoms with E-state index < -0.39 is 0 Å². The Morgan fingerprint density at radius 3 is 2.95 bits per heavy atom. The van der Waals surface area contributed by atoms with Crippen LogP contribution in [0.15, 0.2) is 12.1 Å². The molecule has 0 spiro atoms. The lowest BCUT2D eigenvalue weighted by atomic mass is 10.2. The first kappa shape index (κ1) is 14.4. The third-order valence-electron chi connectivity index (χ3n) is 3.53. The first-order chi connectivity index (χ1) is 9.54. The number of hydrogen-bond donors (Lipinski definition) is 2. The van der Waals surface area contributed by atoms with Crippen LogP contribution in [0.3, 0.4) is 0 Å². The lowest BCUT2D eigenvalue weighted by molar-refractivity contribution is -0.129. The van der Waals surface area contributed by atoms with Crippen molar-refractivity contribution in [1.29, 1.82) is 0 Å². The minimum absolute atomic E-state index is 0.115. The number of nitrogens with one attached hydrogen (secondary N) is 1. The Hall–Kier alpha value is -1.98. The molecule has 110 valence electrons. The van der Waals surface area contributed by atoms with E-state index in [0.717, 1.165) is 31.7 Å². The van der Waals surface area contributed by atoms with E-state index in [4.69, 9.17) is 5.73 Å². The van der Waals surface area contributed by atoms with E-state index in [-0.39, 0.29) is 11.9 Å². The Kier molecular flexibility index (Phi) is 4.32. The highest BCUT2D eigenvalue weighted by Gasteiger charge is 2.32. The largest absolute Gasteiger partial charge is 0.396 e. The molecule has 3 N–H and O–H groups in total. The van der Waals surface area contributed by atoms with Crippen molar-refractivity contribution in [2.75, 3.05) is 43.1 Å². The summed E-state index contributed by atoms with van der Waals surface area (Å²) >= 11 is 0. The summed E-state index contributed by atoms with van der Waals surface area (Å²) in [5.41, 5.74) is 6.53. The summed E-state index contributed by atoms with van der Waals surface area (Å²) in [4.78, 5) is 20.5. The van der Waals surface area contributed by atoms with Crippen molar-refractivity contribution in [3.05, 3.63) is 12.1 Å². The van der Waals surface area contributed by atoms with Crippen LogP contribution in [0.25, 0.3) is 0 Å². The van der Waals surface area contributed by atoms with Gasteiger partial charge in [-0.2, -0.15) is 0 Å². The molecule has 1 fully saturated rings. The second-order valence-corrected chi connectivity index (χ2v) is 5.22. The fraction of sp³-hybridized carbons (Fsp3) is 0.571. The molecule has 1 atom stereocenters. The number of nitrogens with zero attached hydrogens (tertiary/aromatic N) is 3. The van der Waals surface area contributed by atoms with Crippen LogP contribution in [0.5, 0.6) is 0 Å². The normalized spacial score (nSPS) is 18.1. The number of hydrogen-bond acceptors (Lipinski definition) is 5. The Balaban J connectivity index is 2.26. The van der Waals surface area contributed by atoms with Crippen LogP contribution < -0.4 is 16.0 Å². The molecule has 0 radical (unpaired) electrons. The molecule has 1 aliphatic rings. The summed E-state index contributed by atoms with van der Waals surface area (Å²) in [6.45, 7) is 3.62. The zero-order chi connectivity index (χ0) is 14.7. The molecule has 1 aliphatic heterocycles. The maximum Gasteiger partial charge on any atom is 0.244 e. The number of pyridine rings is 1. The number of anilines is 3. The topological polar surface area (TPSA) is 74.5 Å². The molecule has 2 rings (SSSR count). The highest BCUT2D eigenvalue weighted by atomic mass is 16.2. The van der Waals surface area contributed by atoms with Crippen LogP contribution in [0.4, 0.5) is 17.3 Å². The molecule has 1 amide bonds. The standard InChI is InChI=1S/C14H23N5O/c1-4-16-13-10(15)7-8-12(17-13)19-9-5-6-11(19)14(20)18(2)3/h7-8,11H,4-6,9,15H2,1-3H3,(H,16,17). The van der Waals surface area contributed by atoms with Crippen LogP contribution in [-0.2, 0) is 4.79 Å². The van der Waals surface area contributed by atoms with E-state index in [2.05, 4.69) is 15.2 Å². The molecule has 1 saturated heterocycles. The minimum Gasteiger partial charge on any atom is -0.396 e. The van der Waals surface area contributed by atoms with Gasteiger partial charge in [0.15, 0.2) is 5.82 Å². The first-order valence-corrected chi connectivity index (χ1v) is 7.02. The summed E-state index contributed by atoms with van der Waals surface area (Å²) in [5.74, 6) is 1.63. The van der Waals surface area contributed by atoms with Crippen molar-refractivity contribution >= 4 is 23.2 Å². The molecule has 0 saturated carbocycles. The van der Waals surface area contributed by atoms with Crippen molar-refractivity contribution in [1.82, 2.24) is 9.88 Å². The molecule has 20 heavy (non-hydrogen) atoms. The summed E-state index contributed by atoms with van der Waals surface area (Å²) in [5, 5.41) is 3.15. The summed E-state index contributed by atoms with van der Waals surface area (Å²) in [6, 6.07) is 3.61. The Labute approximate surface area is 120 Å². The van der Waals surface area contributed by atoms with Gasteiger partial charge in [-0.15, -0.1) is 0 Å². The number of nitrogens with two attached hydrogens (primary N) is 1. The van der Waals surface area contributed by atoms with Gasteiger partial charge in [-0.3, -0.25) is 4.79 Å². The Morgan fingerprint density at radius 1 is 1.55 bits per heavy atom. The third-order valence-corrected chi connectivity index (χ3v) is 3.53. The molecule has 1 aromatic heterocycles. The summed E-state index contributed by atoms with van der Waals surface area (Å²) in [7, 11) is 3.58. The SMILES string of the molecule is CCNc1nc(N2CCCC2C(=O)N(C)C)ccc1N. The maximum atomic E-state index is 12.2. The van der Waals surface area contributed by atoms with E-state index in [0.29, 0.717) is 11.5 Å². The van der Waals surface area contributed by atoms with E-state index >= 15 is 0 Å². The predicted octanol–water partition coefficient (Wildman–Crippen LogP) is 1.15. The number of amides is 1. The molecular weight excluding hydrogens is 254 g/mol. The lowest BCUT2D eigenvalue weighted by Crippen LogP contribution is -2.43. The average molecular weight is 277 g/mol. The molecule has 1 unspecified atom stereocenters. The predicted molar refractivity (Wildman–Crippen MR) is 81.9 cm³/mol. The van der Waals surface area contributed by atoms with Gasteiger partial charge in [-0.1, -0.05) is 0 Å². The second-order valence-electron chi connectivity index (χ2n) is 5.22. The van der Waals surface area contributed by atoms with E-state index in [1.54, 1.807) is 19.0 Å². The van der Waals surface area contributed by atoms with Gasteiger partial charge >= 0.3 is 0 Å². The van der Waals surface area contributed by atoms with Crippen molar-refractivity contribution < 1.29 is 4.79 Å². The van der Waals surface area contributed by atoms with Crippen LogP contribution in [0.1, 0.15) is 19.8 Å². The van der Waals surface area contributed by atoms with E-state index in [1.165, 1.54) is 0 Å². The van der Waals surface area contributed by atoms with Crippen LogP contribution in [-0.4, -0.2) is 49.0 Å². The number of nitrogen functional groups attached to an aromatic ring is 1. The van der Waals surface area contributed by atoms with Crippen LogP contribution >= 0.6 is 0 Å². The molecule has 6 heteroatoms. The summed E-state index contributed by atoms with van der Waals surface area (Å²) in [6.07, 6.45) is 1.88. The number of aromatic nitrogens is 1. The number of likely N-dealkylation sites (N-methyl/N-ethyl adjacent to an activating group) is 1. The molecule has 0 aromatic carbocycles. The fourth-order valence-electron chi connectivity index (χ4n) is 2.52. The van der Waals surface area contributed by atoms with Crippen molar-refractivity contribution in [2.45, 2.75) is 25.8 Å². The van der Waals surface area contributed by atoms with Crippen molar-refractivity contribution in [3.63, 3.8) is 0 Å². The number of carbonyl (C=O) groups is 1. The molecule has 6 nitrogen and oxygen atoms in total. The van der Waals surface area contributed by atoms with Crippen molar-refractivity contribution in [2.24, 2.45) is 0 Å². The fourth-order valence-corrected chi connectivity index (χ4v) is 2.52. The molecule has 2 heterocycles. The Morgan fingerprint density at radius 2 is 2.30 bits per heavy atom. The maximum absolute atomic E-state index is 12.2. The van der Waals surface area contributed by atoms with Gasteiger partial charge in [0.25, 0.3) is 0 Å². The average Bonchev–Trinajstić information content (AvgIpc) is 2.89. The van der Waals surface area contributed by atoms with Gasteiger partial charge in [0.05, 0.1) is 5.69 Å². The lowest BCUT2D eigenvalue weighted by Gasteiger charge is -2.27. The summed E-state index contributed by atoms with van der Waals surface area (Å²) < 4.78 is 0. The minimum atomic E-state index is -0.115. The molecule has 1 aromatic rings. The van der Waals surface area contributed by atoms with Crippen LogP contribution in [0.2, 0.25) is 0 Å². The van der Waals surface area contributed by atoms with Gasteiger partial charge in [0.2, 0.25) is 5.91 Å². The quantitative estimate of drug-likeness (QED) is 0.863. The number of rotatable bonds is 4. The monoisotopic (exact) mass is 277 g/mol. The van der Waals surface area contributed by atoms with Gasteiger partial charge in [-0.25, -0.2) is 4.98 Å². The first-order valence-electron chi connectivity index (χ1n) is 7.02.